The van der Waals surface area contributed by atoms with Crippen LogP contribution >= 0.6 is 0 Å². The minimum atomic E-state index is -2.78. The third kappa shape index (κ3) is 3.01. The molecule has 1 unspecified atom stereocenters. The Morgan fingerprint density at radius 1 is 1.35 bits per heavy atom. The maximum absolute atomic E-state index is 13.0. The molecule has 26 heavy (non-hydrogen) atoms. The summed E-state index contributed by atoms with van der Waals surface area (Å²) in [7, 11) is 0. The Bertz CT molecular complexity index is 987. The van der Waals surface area contributed by atoms with Gasteiger partial charge >= 0.3 is 0 Å². The molecule has 3 aromatic heterocycles. The van der Waals surface area contributed by atoms with Crippen LogP contribution in [0.3, 0.4) is 0 Å². The number of amides is 1. The van der Waals surface area contributed by atoms with Crippen molar-refractivity contribution in [1.82, 2.24) is 19.6 Å². The minimum Gasteiger partial charge on any atom is -0.327 e. The molecular formula is C17H16F2N6O. The van der Waals surface area contributed by atoms with E-state index in [1.165, 1.54) is 18.3 Å². The number of rotatable bonds is 3. The number of anilines is 1. The van der Waals surface area contributed by atoms with Gasteiger partial charge in [-0.25, -0.2) is 8.78 Å². The summed E-state index contributed by atoms with van der Waals surface area (Å²) in [6.45, 7) is 0. The van der Waals surface area contributed by atoms with E-state index in [0.29, 0.717) is 5.69 Å². The topological polar surface area (TPSA) is 98.2 Å². The summed E-state index contributed by atoms with van der Waals surface area (Å²) in [4.78, 5) is 16.9. The number of pyridine rings is 2. The van der Waals surface area contributed by atoms with Gasteiger partial charge in [0.1, 0.15) is 0 Å². The first kappa shape index (κ1) is 16.5. The predicted molar refractivity (Wildman–Crippen MR) is 90.1 cm³/mol. The van der Waals surface area contributed by atoms with Crippen LogP contribution in [0, 0.1) is 0 Å². The Morgan fingerprint density at radius 2 is 2.19 bits per heavy atom. The van der Waals surface area contributed by atoms with E-state index in [1.807, 2.05) is 6.07 Å². The fourth-order valence-corrected chi connectivity index (χ4v) is 3.11. The molecule has 1 aliphatic carbocycles. The summed E-state index contributed by atoms with van der Waals surface area (Å²) < 4.78 is 27.0. The van der Waals surface area contributed by atoms with Gasteiger partial charge in [-0.15, -0.1) is 10.2 Å². The lowest BCUT2D eigenvalue weighted by Gasteiger charge is -2.21. The molecule has 0 spiro atoms. The molecule has 1 amide bonds. The Hall–Kier alpha value is -2.94. The van der Waals surface area contributed by atoms with Crippen LogP contribution in [0.1, 0.15) is 40.3 Å². The van der Waals surface area contributed by atoms with E-state index in [-0.39, 0.29) is 17.3 Å². The lowest BCUT2D eigenvalue weighted by Crippen LogP contribution is -2.28. The highest BCUT2D eigenvalue weighted by Gasteiger charge is 2.19. The van der Waals surface area contributed by atoms with Crippen molar-refractivity contribution in [3.8, 4) is 0 Å². The van der Waals surface area contributed by atoms with Crippen LogP contribution in [-0.4, -0.2) is 31.5 Å². The van der Waals surface area contributed by atoms with Crippen LogP contribution in [0.4, 0.5) is 14.5 Å². The highest BCUT2D eigenvalue weighted by atomic mass is 19.3. The first-order valence-electron chi connectivity index (χ1n) is 8.19. The number of carbonyl (C=O) groups is 1. The fraction of sp³-hybridized carbons (Fsp3) is 0.294. The number of nitrogens with one attached hydrogen (secondary N) is 1. The first-order chi connectivity index (χ1) is 12.5. The summed E-state index contributed by atoms with van der Waals surface area (Å²) in [5.41, 5.74) is 9.01. The van der Waals surface area contributed by atoms with Crippen LogP contribution in [0.15, 0.2) is 30.6 Å². The number of nitrogens with zero attached hydrogens (tertiary/aromatic N) is 4. The number of aryl methyl sites for hydroxylation is 1. The molecule has 3 aromatic rings. The summed E-state index contributed by atoms with van der Waals surface area (Å²) in [6.07, 6.45) is 2.56. The normalized spacial score (nSPS) is 16.7. The number of aromatic nitrogens is 4. The van der Waals surface area contributed by atoms with E-state index in [4.69, 9.17) is 5.73 Å². The molecular weight excluding hydrogens is 342 g/mol. The second kappa shape index (κ2) is 6.41. The van der Waals surface area contributed by atoms with E-state index >= 15 is 0 Å². The number of nitrogens with two attached hydrogens (primary N) is 1. The zero-order valence-electron chi connectivity index (χ0n) is 13.7. The van der Waals surface area contributed by atoms with Crippen molar-refractivity contribution < 1.29 is 13.6 Å². The van der Waals surface area contributed by atoms with Crippen molar-refractivity contribution in [2.45, 2.75) is 31.7 Å². The minimum absolute atomic E-state index is 0.0965. The SMILES string of the molecule is NC1CCc2ncc(NC(=O)c3ccc4nnc(C(F)F)n4c3)cc2C1. The lowest BCUT2D eigenvalue weighted by atomic mass is 9.92. The zero-order valence-corrected chi connectivity index (χ0v) is 13.7. The van der Waals surface area contributed by atoms with Crippen molar-refractivity contribution in [3.63, 3.8) is 0 Å². The van der Waals surface area contributed by atoms with Crippen molar-refractivity contribution in [2.75, 3.05) is 5.32 Å². The number of fused-ring (bicyclic) bond motifs is 2. The molecule has 1 atom stereocenters. The van der Waals surface area contributed by atoms with Gasteiger partial charge in [0.25, 0.3) is 12.3 Å². The van der Waals surface area contributed by atoms with Crippen LogP contribution in [0.5, 0.6) is 0 Å². The van der Waals surface area contributed by atoms with Crippen molar-refractivity contribution in [3.05, 3.63) is 53.2 Å². The quantitative estimate of drug-likeness (QED) is 0.747. The summed E-state index contributed by atoms with van der Waals surface area (Å²) >= 11 is 0. The average molecular weight is 358 g/mol. The first-order valence-corrected chi connectivity index (χ1v) is 8.19. The summed E-state index contributed by atoms with van der Waals surface area (Å²) in [5.74, 6) is -0.929. The average Bonchev–Trinajstić information content (AvgIpc) is 3.04. The van der Waals surface area contributed by atoms with Gasteiger partial charge < -0.3 is 11.1 Å². The van der Waals surface area contributed by atoms with E-state index in [9.17, 15) is 13.6 Å². The van der Waals surface area contributed by atoms with E-state index in [2.05, 4.69) is 20.5 Å². The van der Waals surface area contributed by atoms with Gasteiger partial charge in [-0.1, -0.05) is 0 Å². The highest BCUT2D eigenvalue weighted by Crippen LogP contribution is 2.22. The van der Waals surface area contributed by atoms with Crippen LogP contribution in [0.2, 0.25) is 0 Å². The summed E-state index contributed by atoms with van der Waals surface area (Å²) in [5, 5.41) is 9.85. The van der Waals surface area contributed by atoms with Gasteiger partial charge in [-0.3, -0.25) is 14.2 Å². The van der Waals surface area contributed by atoms with Crippen molar-refractivity contribution in [1.29, 1.82) is 0 Å². The Labute approximate surface area is 147 Å². The highest BCUT2D eigenvalue weighted by molar-refractivity contribution is 6.04. The molecule has 0 saturated carbocycles. The standard InChI is InChI=1S/C17H16F2N6O/c18-15(19)16-24-23-14-4-1-9(8-25(14)16)17(26)22-12-6-10-5-11(20)2-3-13(10)21-7-12/h1,4,6-8,11,15H,2-3,5,20H2,(H,22,26). The number of alkyl halides is 2. The van der Waals surface area contributed by atoms with Gasteiger partial charge in [0.05, 0.1) is 17.4 Å². The molecule has 0 fully saturated rings. The molecule has 1 aliphatic rings. The number of carbonyl (C=O) groups excluding carboxylic acids is 1. The summed E-state index contributed by atoms with van der Waals surface area (Å²) in [6, 6.07) is 4.94. The van der Waals surface area contributed by atoms with Crippen molar-refractivity contribution >= 4 is 17.2 Å². The van der Waals surface area contributed by atoms with Crippen LogP contribution in [0.25, 0.3) is 5.65 Å². The molecule has 0 aromatic carbocycles. The molecule has 0 saturated heterocycles. The lowest BCUT2D eigenvalue weighted by molar-refractivity contribution is 0.102. The van der Waals surface area contributed by atoms with Gasteiger partial charge in [-0.2, -0.15) is 0 Å². The molecule has 3 N–H and O–H groups in total. The maximum atomic E-state index is 13.0. The smallest absolute Gasteiger partial charge is 0.297 e. The largest absolute Gasteiger partial charge is 0.327 e. The second-order valence-corrected chi connectivity index (χ2v) is 6.29. The molecule has 0 aliphatic heterocycles. The van der Waals surface area contributed by atoms with Gasteiger partial charge in [0, 0.05) is 17.9 Å². The second-order valence-electron chi connectivity index (χ2n) is 6.29. The van der Waals surface area contributed by atoms with Gasteiger partial charge in [0.2, 0.25) is 5.82 Å². The molecule has 134 valence electrons. The molecule has 7 nitrogen and oxygen atoms in total. The molecule has 0 bridgehead atoms. The third-order valence-electron chi connectivity index (χ3n) is 4.44. The van der Waals surface area contributed by atoms with E-state index < -0.39 is 18.2 Å². The van der Waals surface area contributed by atoms with Crippen molar-refractivity contribution in [2.24, 2.45) is 5.73 Å². The number of hydrogen-bond donors (Lipinski definition) is 2. The van der Waals surface area contributed by atoms with Gasteiger partial charge in [-0.05, 0) is 43.0 Å². The number of halogens is 2. The monoisotopic (exact) mass is 358 g/mol. The fourth-order valence-electron chi connectivity index (χ4n) is 3.11. The zero-order chi connectivity index (χ0) is 18.3. The molecule has 9 heteroatoms. The molecule has 0 radical (unpaired) electrons. The molecule has 3 heterocycles. The third-order valence-corrected chi connectivity index (χ3v) is 4.44. The molecule has 4 rings (SSSR count). The Kier molecular flexibility index (Phi) is 4.08. The van der Waals surface area contributed by atoms with E-state index in [0.717, 1.165) is 34.9 Å². The van der Waals surface area contributed by atoms with Crippen LogP contribution < -0.4 is 11.1 Å². The number of hydrogen-bond acceptors (Lipinski definition) is 5. The van der Waals surface area contributed by atoms with Gasteiger partial charge in [0.15, 0.2) is 5.65 Å². The Balaban J connectivity index is 1.59. The Morgan fingerprint density at radius 3 is 3.00 bits per heavy atom. The maximum Gasteiger partial charge on any atom is 0.297 e. The predicted octanol–water partition coefficient (Wildman–Crippen LogP) is 2.13. The van der Waals surface area contributed by atoms with E-state index in [1.54, 1.807) is 6.20 Å². The van der Waals surface area contributed by atoms with Crippen LogP contribution in [-0.2, 0) is 12.8 Å².